The zero-order chi connectivity index (χ0) is 45.8. The molecule has 2 saturated carbocycles. The van der Waals surface area contributed by atoms with Crippen LogP contribution in [0.2, 0.25) is 0 Å². The lowest BCUT2D eigenvalue weighted by Crippen LogP contribution is -2.59. The second kappa shape index (κ2) is 14.0. The minimum absolute atomic E-state index is 0.00507. The van der Waals surface area contributed by atoms with E-state index in [9.17, 15) is 0 Å². The molecule has 0 radical (unpaired) electrons. The highest BCUT2D eigenvalue weighted by Crippen LogP contribution is 2.65. The van der Waals surface area contributed by atoms with Gasteiger partial charge in [0.2, 0.25) is 0 Å². The van der Waals surface area contributed by atoms with E-state index in [1.807, 2.05) is 0 Å². The van der Waals surface area contributed by atoms with E-state index in [0.29, 0.717) is 11.8 Å². The van der Waals surface area contributed by atoms with E-state index in [1.54, 1.807) is 0 Å². The summed E-state index contributed by atoms with van der Waals surface area (Å²) in [6.07, 6.45) is 7.48. The third kappa shape index (κ3) is 5.18. The molecule has 334 valence electrons. The summed E-state index contributed by atoms with van der Waals surface area (Å²) in [5, 5.41) is 5.41. The van der Waals surface area contributed by atoms with Crippen molar-refractivity contribution in [3.05, 3.63) is 180 Å². The molecule has 0 amide bonds. The summed E-state index contributed by atoms with van der Waals surface area (Å²) in [5.41, 5.74) is 19.2. The van der Waals surface area contributed by atoms with Crippen LogP contribution >= 0.6 is 0 Å². The lowest BCUT2D eigenvalue weighted by molar-refractivity contribution is 0.130. The van der Waals surface area contributed by atoms with Crippen LogP contribution in [0.25, 0.3) is 54.9 Å². The third-order valence-corrected chi connectivity index (χ3v) is 19.7. The Labute approximate surface area is 398 Å². The van der Waals surface area contributed by atoms with Crippen molar-refractivity contribution in [2.24, 2.45) is 11.8 Å². The van der Waals surface area contributed by atoms with Gasteiger partial charge in [0.1, 0.15) is 0 Å². The van der Waals surface area contributed by atoms with Crippen LogP contribution in [-0.4, -0.2) is 11.1 Å². The van der Waals surface area contributed by atoms with Gasteiger partial charge in [-0.1, -0.05) is 151 Å². The summed E-state index contributed by atoms with van der Waals surface area (Å²) in [7, 11) is 0. The van der Waals surface area contributed by atoms with E-state index < -0.39 is 0 Å². The van der Waals surface area contributed by atoms with Crippen LogP contribution in [0, 0.1) is 11.8 Å². The summed E-state index contributed by atoms with van der Waals surface area (Å²) in [6.45, 7) is 20.2. The Morgan fingerprint density at radius 3 is 1.40 bits per heavy atom. The Hall–Kier alpha value is -6.12. The van der Waals surface area contributed by atoms with Gasteiger partial charge in [-0.05, 0) is 189 Å². The number of rotatable bonds is 4. The lowest BCUT2D eigenvalue weighted by Gasteiger charge is -2.54. The molecule has 5 aliphatic rings. The molecular formula is C65H64N2. The molecule has 3 aliphatic carbocycles. The molecule has 0 bridgehead atoms. The number of hydrogen-bond acceptors (Lipinski definition) is 2. The van der Waals surface area contributed by atoms with Crippen LogP contribution < -0.4 is 9.80 Å². The van der Waals surface area contributed by atoms with Crippen LogP contribution in [0.15, 0.2) is 158 Å². The standard InChI is InChI=1S/C65H64N2/c1-41-19-17-35-62(5)55-39-45(29-33-57(55)66(64(41,62)7)47-21-11-9-12-22-47)43-27-31-51-53(37-43)49-25-15-16-26-50(49)59-52-32-28-44(38-54(52)61(3,4)60(51)59)46-30-34-58-56(40-46)63(6)36-18-20-42(2)65(63,8)67(58)48-23-13-10-14-24-48/h9-16,21-34,37-42H,17-20,35-36H2,1-8H3. The molecule has 0 N–H and O–H groups in total. The molecule has 2 fully saturated rings. The molecule has 0 saturated heterocycles. The van der Waals surface area contributed by atoms with Crippen LogP contribution in [-0.2, 0) is 16.2 Å². The highest BCUT2D eigenvalue weighted by molar-refractivity contribution is 6.19. The first-order valence-corrected chi connectivity index (χ1v) is 25.4. The molecule has 0 spiro atoms. The van der Waals surface area contributed by atoms with E-state index >= 15 is 0 Å². The van der Waals surface area contributed by atoms with Gasteiger partial charge in [0.15, 0.2) is 0 Å². The fourth-order valence-electron chi connectivity index (χ4n) is 15.5. The number of fused-ring (bicyclic) bond motifs is 14. The molecule has 2 aliphatic heterocycles. The summed E-state index contributed by atoms with van der Waals surface area (Å²) in [6, 6.07) is 61.2. The average molecular weight is 873 g/mol. The molecule has 2 heteroatoms. The SMILES string of the molecule is CC1CCCC2(C)c3cc(-c4ccc5c(c4)C(C)(C)c4c-5c5ccccc5c5cc(-c6ccc7c(c6)C6(C)CCCC(C)C6(C)N7c6ccccc6)ccc45)ccc3N(c3ccccc3)C12C. The van der Waals surface area contributed by atoms with Crippen molar-refractivity contribution in [3.63, 3.8) is 0 Å². The number of benzene rings is 8. The molecule has 13 rings (SSSR count). The summed E-state index contributed by atoms with van der Waals surface area (Å²) < 4.78 is 0. The summed E-state index contributed by atoms with van der Waals surface area (Å²) in [4.78, 5) is 5.41. The van der Waals surface area contributed by atoms with Gasteiger partial charge in [-0.15, -0.1) is 0 Å². The lowest BCUT2D eigenvalue weighted by atomic mass is 9.57. The molecule has 8 aromatic carbocycles. The molecular weight excluding hydrogens is 809 g/mol. The molecule has 6 atom stereocenters. The maximum absolute atomic E-state index is 2.71. The van der Waals surface area contributed by atoms with Crippen LogP contribution in [0.4, 0.5) is 22.7 Å². The van der Waals surface area contributed by atoms with E-state index in [2.05, 4.69) is 223 Å². The Kier molecular flexibility index (Phi) is 8.57. The van der Waals surface area contributed by atoms with Crippen LogP contribution in [0.1, 0.15) is 116 Å². The van der Waals surface area contributed by atoms with Gasteiger partial charge >= 0.3 is 0 Å². The monoisotopic (exact) mass is 873 g/mol. The number of anilines is 4. The Morgan fingerprint density at radius 2 is 0.866 bits per heavy atom. The first-order valence-electron chi connectivity index (χ1n) is 25.4. The Bertz CT molecular complexity index is 3350. The molecule has 2 heterocycles. The van der Waals surface area contributed by atoms with E-state index in [0.717, 1.165) is 0 Å². The number of hydrogen-bond donors (Lipinski definition) is 0. The second-order valence-corrected chi connectivity index (χ2v) is 22.8. The first kappa shape index (κ1) is 41.1. The van der Waals surface area contributed by atoms with Crippen LogP contribution in [0.3, 0.4) is 0 Å². The normalized spacial score (nSPS) is 27.6. The average Bonchev–Trinajstić information content (AvgIpc) is 3.81. The molecule has 2 nitrogen and oxygen atoms in total. The first-order chi connectivity index (χ1) is 32.3. The predicted octanol–water partition coefficient (Wildman–Crippen LogP) is 17.6. The topological polar surface area (TPSA) is 6.48 Å². The molecule has 6 unspecified atom stereocenters. The van der Waals surface area contributed by atoms with E-state index in [4.69, 9.17) is 0 Å². The molecule has 0 aromatic heterocycles. The van der Waals surface area contributed by atoms with Crippen molar-refractivity contribution in [1.29, 1.82) is 0 Å². The van der Waals surface area contributed by atoms with E-state index in [1.165, 1.54) is 138 Å². The highest BCUT2D eigenvalue weighted by Gasteiger charge is 2.62. The smallest absolute Gasteiger partial charge is 0.0543 e. The third-order valence-electron chi connectivity index (χ3n) is 19.7. The van der Waals surface area contributed by atoms with Gasteiger partial charge in [-0.3, -0.25) is 0 Å². The summed E-state index contributed by atoms with van der Waals surface area (Å²) >= 11 is 0. The van der Waals surface area contributed by atoms with Crippen molar-refractivity contribution in [1.82, 2.24) is 0 Å². The van der Waals surface area contributed by atoms with Crippen molar-refractivity contribution >= 4 is 44.3 Å². The maximum Gasteiger partial charge on any atom is 0.0543 e. The van der Waals surface area contributed by atoms with Crippen molar-refractivity contribution in [2.45, 2.75) is 121 Å². The minimum atomic E-state index is -0.195. The van der Waals surface area contributed by atoms with Crippen LogP contribution in [0.5, 0.6) is 0 Å². The van der Waals surface area contributed by atoms with Gasteiger partial charge in [-0.25, -0.2) is 0 Å². The van der Waals surface area contributed by atoms with Crippen molar-refractivity contribution < 1.29 is 0 Å². The van der Waals surface area contributed by atoms with E-state index in [-0.39, 0.29) is 27.3 Å². The van der Waals surface area contributed by atoms with Gasteiger partial charge in [-0.2, -0.15) is 0 Å². The van der Waals surface area contributed by atoms with Gasteiger partial charge in [0.05, 0.1) is 11.1 Å². The molecule has 8 aromatic rings. The Morgan fingerprint density at radius 1 is 0.418 bits per heavy atom. The quantitative estimate of drug-likeness (QED) is 0.163. The zero-order valence-corrected chi connectivity index (χ0v) is 40.8. The number of para-hydroxylation sites is 2. The van der Waals surface area contributed by atoms with Gasteiger partial charge in [0.25, 0.3) is 0 Å². The highest BCUT2D eigenvalue weighted by atomic mass is 15.3. The minimum Gasteiger partial charge on any atom is -0.334 e. The summed E-state index contributed by atoms with van der Waals surface area (Å²) in [5.74, 6) is 1.14. The maximum atomic E-state index is 2.71. The second-order valence-electron chi connectivity index (χ2n) is 22.8. The zero-order valence-electron chi connectivity index (χ0n) is 40.8. The molecule has 67 heavy (non-hydrogen) atoms. The fraction of sp³-hybridized carbons (Fsp3) is 0.323. The fourth-order valence-corrected chi connectivity index (χ4v) is 15.5. The van der Waals surface area contributed by atoms with Crippen molar-refractivity contribution in [2.75, 3.05) is 9.80 Å². The van der Waals surface area contributed by atoms with Gasteiger partial charge < -0.3 is 9.80 Å². The largest absolute Gasteiger partial charge is 0.334 e. The predicted molar refractivity (Wildman–Crippen MR) is 285 cm³/mol. The van der Waals surface area contributed by atoms with Crippen molar-refractivity contribution in [3.8, 4) is 33.4 Å². The number of nitrogens with zero attached hydrogens (tertiary/aromatic N) is 2. The van der Waals surface area contributed by atoms with Gasteiger partial charge in [0, 0.05) is 39.0 Å². The Balaban J connectivity index is 0.926.